The third-order valence-corrected chi connectivity index (χ3v) is 6.73. The second-order valence-electron chi connectivity index (χ2n) is 7.34. The fourth-order valence-electron chi connectivity index (χ4n) is 3.22. The highest BCUT2D eigenvalue weighted by Crippen LogP contribution is 2.31. The lowest BCUT2D eigenvalue weighted by molar-refractivity contribution is -0.113. The molecule has 0 saturated heterocycles. The highest BCUT2D eigenvalue weighted by atomic mass is 32.2. The van der Waals surface area contributed by atoms with Crippen LogP contribution >= 0.6 is 23.1 Å². The first-order chi connectivity index (χ1) is 15.4. The summed E-state index contributed by atoms with van der Waals surface area (Å²) in [5.74, 6) is -0.542. The van der Waals surface area contributed by atoms with E-state index in [1.807, 2.05) is 38.1 Å². The highest BCUT2D eigenvalue weighted by molar-refractivity contribution is 8.01. The van der Waals surface area contributed by atoms with Crippen LogP contribution in [0.2, 0.25) is 0 Å². The zero-order valence-electron chi connectivity index (χ0n) is 17.4. The summed E-state index contributed by atoms with van der Waals surface area (Å²) >= 11 is 2.83. The van der Waals surface area contributed by atoms with Gasteiger partial charge in [0.1, 0.15) is 5.82 Å². The number of carbonyl (C=O) groups is 2. The van der Waals surface area contributed by atoms with E-state index in [-0.39, 0.29) is 23.4 Å². The molecule has 5 nitrogen and oxygen atoms in total. The molecule has 2 amide bonds. The lowest BCUT2D eigenvalue weighted by Crippen LogP contribution is -2.14. The third kappa shape index (κ3) is 5.52. The summed E-state index contributed by atoms with van der Waals surface area (Å²) in [4.78, 5) is 29.2. The van der Waals surface area contributed by atoms with Gasteiger partial charge in [-0.1, -0.05) is 17.8 Å². The Morgan fingerprint density at radius 2 is 1.66 bits per heavy atom. The molecule has 32 heavy (non-hydrogen) atoms. The maximum atomic E-state index is 13.0. The van der Waals surface area contributed by atoms with Gasteiger partial charge >= 0.3 is 0 Å². The molecule has 1 heterocycles. The van der Waals surface area contributed by atoms with E-state index in [1.54, 1.807) is 6.07 Å². The molecule has 0 unspecified atom stereocenters. The van der Waals surface area contributed by atoms with Crippen LogP contribution in [0.5, 0.6) is 0 Å². The Bertz CT molecular complexity index is 1280. The van der Waals surface area contributed by atoms with E-state index < -0.39 is 0 Å². The summed E-state index contributed by atoms with van der Waals surface area (Å²) < 4.78 is 14.7. The van der Waals surface area contributed by atoms with E-state index in [4.69, 9.17) is 0 Å². The van der Waals surface area contributed by atoms with E-state index in [1.165, 1.54) is 47.4 Å². The summed E-state index contributed by atoms with van der Waals surface area (Å²) in [6.07, 6.45) is 0. The van der Waals surface area contributed by atoms with Crippen LogP contribution in [0, 0.1) is 19.7 Å². The zero-order valence-corrected chi connectivity index (χ0v) is 19.1. The fourth-order valence-corrected chi connectivity index (χ4v) is 5.13. The number of halogens is 1. The maximum absolute atomic E-state index is 13.0. The molecule has 0 radical (unpaired) electrons. The summed E-state index contributed by atoms with van der Waals surface area (Å²) in [6, 6.07) is 16.8. The van der Waals surface area contributed by atoms with Gasteiger partial charge in [0.15, 0.2) is 4.34 Å². The standard InChI is InChI=1S/C24H20FN3O2S2/c1-14-9-15(2)11-19(10-14)26-22(29)13-31-24-28-20-8-7-18(12-21(20)32-24)27-23(30)16-3-5-17(25)6-4-16/h3-12H,13H2,1-2H3,(H,26,29)(H,27,30). The van der Waals surface area contributed by atoms with E-state index in [2.05, 4.69) is 21.7 Å². The van der Waals surface area contributed by atoms with Gasteiger partial charge in [0.2, 0.25) is 5.91 Å². The van der Waals surface area contributed by atoms with Crippen LogP contribution in [-0.2, 0) is 4.79 Å². The Labute approximate surface area is 193 Å². The molecule has 0 bridgehead atoms. The molecule has 4 aromatic rings. The molecule has 8 heteroatoms. The van der Waals surface area contributed by atoms with E-state index in [9.17, 15) is 14.0 Å². The minimum atomic E-state index is -0.389. The number of rotatable bonds is 6. The van der Waals surface area contributed by atoms with Crippen molar-refractivity contribution in [1.82, 2.24) is 4.98 Å². The molecular formula is C24H20FN3O2S2. The van der Waals surface area contributed by atoms with Crippen LogP contribution < -0.4 is 10.6 Å². The Morgan fingerprint density at radius 3 is 2.38 bits per heavy atom. The van der Waals surface area contributed by atoms with Crippen molar-refractivity contribution < 1.29 is 14.0 Å². The quantitative estimate of drug-likeness (QED) is 0.341. The van der Waals surface area contributed by atoms with Gasteiger partial charge in [-0.3, -0.25) is 9.59 Å². The first-order valence-electron chi connectivity index (χ1n) is 9.84. The van der Waals surface area contributed by atoms with Crippen LogP contribution in [0.4, 0.5) is 15.8 Å². The van der Waals surface area contributed by atoms with Crippen LogP contribution in [0.15, 0.2) is 65.0 Å². The summed E-state index contributed by atoms with van der Waals surface area (Å²) in [5.41, 5.74) is 4.79. The number of carbonyl (C=O) groups excluding carboxylic acids is 2. The van der Waals surface area contributed by atoms with Gasteiger partial charge < -0.3 is 10.6 Å². The molecule has 0 spiro atoms. The SMILES string of the molecule is Cc1cc(C)cc(NC(=O)CSc2nc3ccc(NC(=O)c4ccc(F)cc4)cc3s2)c1. The topological polar surface area (TPSA) is 71.1 Å². The average molecular weight is 466 g/mol. The first-order valence-corrected chi connectivity index (χ1v) is 11.6. The fraction of sp³-hybridized carbons (Fsp3) is 0.125. The van der Waals surface area contributed by atoms with Crippen molar-refractivity contribution in [2.45, 2.75) is 18.2 Å². The number of thiazole rings is 1. The van der Waals surface area contributed by atoms with Gasteiger partial charge in [-0.05, 0) is 79.6 Å². The van der Waals surface area contributed by atoms with Gasteiger partial charge in [-0.25, -0.2) is 9.37 Å². The number of fused-ring (bicyclic) bond motifs is 1. The van der Waals surface area contributed by atoms with E-state index in [0.717, 1.165) is 31.4 Å². The van der Waals surface area contributed by atoms with Crippen molar-refractivity contribution in [1.29, 1.82) is 0 Å². The number of anilines is 2. The molecular weight excluding hydrogens is 445 g/mol. The van der Waals surface area contributed by atoms with Gasteiger partial charge in [0.05, 0.1) is 16.0 Å². The summed E-state index contributed by atoms with van der Waals surface area (Å²) in [7, 11) is 0. The lowest BCUT2D eigenvalue weighted by Gasteiger charge is -2.06. The average Bonchev–Trinajstić information content (AvgIpc) is 3.14. The molecule has 0 fully saturated rings. The molecule has 4 rings (SSSR count). The minimum Gasteiger partial charge on any atom is -0.325 e. The molecule has 1 aromatic heterocycles. The van der Waals surface area contributed by atoms with Crippen molar-refractivity contribution in [3.63, 3.8) is 0 Å². The minimum absolute atomic E-state index is 0.0912. The van der Waals surface area contributed by atoms with Gasteiger partial charge in [-0.15, -0.1) is 11.3 Å². The predicted octanol–water partition coefficient (Wildman–Crippen LogP) is 6.04. The Kier molecular flexibility index (Phi) is 6.53. The molecule has 162 valence electrons. The first kappa shape index (κ1) is 22.0. The Hall–Kier alpha value is -3.23. The summed E-state index contributed by atoms with van der Waals surface area (Å²) in [5, 5.41) is 5.74. The Morgan fingerprint density at radius 1 is 0.938 bits per heavy atom. The number of aryl methyl sites for hydroxylation is 2. The Balaban J connectivity index is 1.38. The van der Waals surface area contributed by atoms with Crippen LogP contribution in [0.3, 0.4) is 0 Å². The van der Waals surface area contributed by atoms with Crippen molar-refractivity contribution >= 4 is 56.5 Å². The van der Waals surface area contributed by atoms with E-state index in [0.29, 0.717) is 11.3 Å². The zero-order chi connectivity index (χ0) is 22.7. The van der Waals surface area contributed by atoms with Crippen LogP contribution in [0.1, 0.15) is 21.5 Å². The molecule has 3 aromatic carbocycles. The molecule has 0 atom stereocenters. The molecule has 0 aliphatic heterocycles. The number of amides is 2. The number of thioether (sulfide) groups is 1. The molecule has 0 aliphatic carbocycles. The highest BCUT2D eigenvalue weighted by Gasteiger charge is 2.11. The number of aromatic nitrogens is 1. The predicted molar refractivity (Wildman–Crippen MR) is 129 cm³/mol. The van der Waals surface area contributed by atoms with Gasteiger partial charge in [0.25, 0.3) is 5.91 Å². The molecule has 0 saturated carbocycles. The van der Waals surface area contributed by atoms with Crippen molar-refractivity contribution in [2.75, 3.05) is 16.4 Å². The van der Waals surface area contributed by atoms with Gasteiger partial charge in [0, 0.05) is 16.9 Å². The van der Waals surface area contributed by atoms with Crippen LogP contribution in [0.25, 0.3) is 10.2 Å². The lowest BCUT2D eigenvalue weighted by atomic mass is 10.1. The number of benzene rings is 3. The normalized spacial score (nSPS) is 10.8. The maximum Gasteiger partial charge on any atom is 0.255 e. The second-order valence-corrected chi connectivity index (χ2v) is 9.59. The number of hydrogen-bond acceptors (Lipinski definition) is 5. The number of nitrogens with one attached hydrogen (secondary N) is 2. The largest absolute Gasteiger partial charge is 0.325 e. The van der Waals surface area contributed by atoms with Crippen molar-refractivity contribution in [3.8, 4) is 0 Å². The van der Waals surface area contributed by atoms with Crippen molar-refractivity contribution in [3.05, 3.63) is 83.2 Å². The number of hydrogen-bond donors (Lipinski definition) is 2. The monoisotopic (exact) mass is 465 g/mol. The summed E-state index contributed by atoms with van der Waals surface area (Å²) in [6.45, 7) is 3.99. The third-order valence-electron chi connectivity index (χ3n) is 4.57. The number of nitrogens with zero attached hydrogens (tertiary/aromatic N) is 1. The molecule has 2 N–H and O–H groups in total. The second kappa shape index (κ2) is 9.50. The van der Waals surface area contributed by atoms with Crippen LogP contribution in [-0.4, -0.2) is 22.6 Å². The molecule has 0 aliphatic rings. The van der Waals surface area contributed by atoms with E-state index >= 15 is 0 Å². The van der Waals surface area contributed by atoms with Gasteiger partial charge in [-0.2, -0.15) is 0 Å². The van der Waals surface area contributed by atoms with Crippen molar-refractivity contribution in [2.24, 2.45) is 0 Å². The smallest absolute Gasteiger partial charge is 0.255 e.